The molecule has 0 radical (unpaired) electrons. The van der Waals surface area contributed by atoms with Gasteiger partial charge in [-0.1, -0.05) is 42.5 Å². The van der Waals surface area contributed by atoms with Crippen molar-refractivity contribution in [2.24, 2.45) is 0 Å². The first kappa shape index (κ1) is 21.8. The fourth-order valence-electron chi connectivity index (χ4n) is 4.42. The van der Waals surface area contributed by atoms with E-state index >= 15 is 0 Å². The Bertz CT molecular complexity index is 1320. The van der Waals surface area contributed by atoms with Gasteiger partial charge in [-0.05, 0) is 47.9 Å². The molecule has 172 valence electrons. The van der Waals surface area contributed by atoms with E-state index in [1.807, 2.05) is 55.1 Å². The number of rotatable bonds is 5. The minimum Gasteiger partial charge on any atom is -0.353 e. The highest BCUT2D eigenvalue weighted by Crippen LogP contribution is 2.22. The van der Waals surface area contributed by atoms with E-state index in [4.69, 9.17) is 0 Å². The maximum atomic E-state index is 13.1. The van der Waals surface area contributed by atoms with Crippen molar-refractivity contribution in [3.8, 4) is 0 Å². The number of anilines is 3. The van der Waals surface area contributed by atoms with E-state index in [1.54, 1.807) is 6.20 Å². The van der Waals surface area contributed by atoms with Crippen molar-refractivity contribution in [2.45, 2.75) is 20.3 Å². The van der Waals surface area contributed by atoms with Crippen LogP contribution in [0.25, 0.3) is 10.8 Å². The average Bonchev–Trinajstić information content (AvgIpc) is 2.84. The van der Waals surface area contributed by atoms with Gasteiger partial charge in [0.2, 0.25) is 5.91 Å². The number of amides is 1. The van der Waals surface area contributed by atoms with Gasteiger partial charge in [-0.15, -0.1) is 0 Å². The molecule has 1 N–H and O–H groups in total. The lowest BCUT2D eigenvalue weighted by Crippen LogP contribution is -2.49. The van der Waals surface area contributed by atoms with Crippen LogP contribution in [0.3, 0.4) is 0 Å². The smallest absolute Gasteiger partial charge is 0.227 e. The van der Waals surface area contributed by atoms with Crippen LogP contribution in [0.2, 0.25) is 0 Å². The molecule has 4 aromatic rings. The van der Waals surface area contributed by atoms with E-state index in [0.29, 0.717) is 25.3 Å². The minimum absolute atomic E-state index is 0.169. The molecule has 2 aromatic carbocycles. The van der Waals surface area contributed by atoms with Crippen molar-refractivity contribution in [1.82, 2.24) is 19.9 Å². The molecule has 0 bridgehead atoms. The third kappa shape index (κ3) is 4.83. The van der Waals surface area contributed by atoms with Gasteiger partial charge in [0.15, 0.2) is 0 Å². The SMILES string of the molecule is Cc1ccnc(Nc2cc(N3CCN(C(=O)Cc4cccc5ccccc45)CC3)nc(C)n2)c1. The number of aromatic nitrogens is 3. The Balaban J connectivity index is 1.24. The van der Waals surface area contributed by atoms with Gasteiger partial charge in [0, 0.05) is 38.4 Å². The van der Waals surface area contributed by atoms with E-state index in [1.165, 1.54) is 5.39 Å². The van der Waals surface area contributed by atoms with Gasteiger partial charge in [-0.25, -0.2) is 15.0 Å². The first-order valence-corrected chi connectivity index (χ1v) is 11.6. The second-order valence-corrected chi connectivity index (χ2v) is 8.68. The van der Waals surface area contributed by atoms with E-state index in [-0.39, 0.29) is 5.91 Å². The van der Waals surface area contributed by atoms with Gasteiger partial charge in [-0.3, -0.25) is 4.79 Å². The van der Waals surface area contributed by atoms with Crippen LogP contribution in [0.5, 0.6) is 0 Å². The molecule has 1 saturated heterocycles. The molecule has 2 aromatic heterocycles. The number of nitrogens with zero attached hydrogens (tertiary/aromatic N) is 5. The zero-order valence-corrected chi connectivity index (χ0v) is 19.5. The lowest BCUT2D eigenvalue weighted by molar-refractivity contribution is -0.130. The van der Waals surface area contributed by atoms with Gasteiger partial charge in [-0.2, -0.15) is 0 Å². The molecular formula is C27H28N6O. The summed E-state index contributed by atoms with van der Waals surface area (Å²) >= 11 is 0. The van der Waals surface area contributed by atoms with Crippen LogP contribution >= 0.6 is 0 Å². The molecule has 34 heavy (non-hydrogen) atoms. The van der Waals surface area contributed by atoms with Crippen molar-refractivity contribution < 1.29 is 4.79 Å². The maximum absolute atomic E-state index is 13.1. The molecule has 7 heteroatoms. The molecule has 1 aliphatic rings. The number of nitrogens with one attached hydrogen (secondary N) is 1. The number of fused-ring (bicyclic) bond motifs is 1. The molecular weight excluding hydrogens is 424 g/mol. The van der Waals surface area contributed by atoms with E-state index < -0.39 is 0 Å². The Morgan fingerprint density at radius 3 is 2.53 bits per heavy atom. The maximum Gasteiger partial charge on any atom is 0.227 e. The summed E-state index contributed by atoms with van der Waals surface area (Å²) < 4.78 is 0. The van der Waals surface area contributed by atoms with E-state index in [2.05, 4.69) is 49.4 Å². The molecule has 1 aliphatic heterocycles. The van der Waals surface area contributed by atoms with Crippen LogP contribution < -0.4 is 10.2 Å². The van der Waals surface area contributed by atoms with Crippen LogP contribution in [-0.2, 0) is 11.2 Å². The van der Waals surface area contributed by atoms with Gasteiger partial charge < -0.3 is 15.1 Å². The van der Waals surface area contributed by atoms with Crippen molar-refractivity contribution in [3.63, 3.8) is 0 Å². The minimum atomic E-state index is 0.169. The Morgan fingerprint density at radius 2 is 1.71 bits per heavy atom. The molecule has 1 fully saturated rings. The van der Waals surface area contributed by atoms with Crippen molar-refractivity contribution in [2.75, 3.05) is 36.4 Å². The molecule has 0 unspecified atom stereocenters. The van der Waals surface area contributed by atoms with Crippen molar-refractivity contribution >= 4 is 34.1 Å². The van der Waals surface area contributed by atoms with Gasteiger partial charge in [0.1, 0.15) is 23.3 Å². The van der Waals surface area contributed by atoms with E-state index in [0.717, 1.165) is 47.1 Å². The summed E-state index contributed by atoms with van der Waals surface area (Å²) in [5.74, 6) is 3.21. The van der Waals surface area contributed by atoms with Crippen LogP contribution in [-0.4, -0.2) is 51.9 Å². The number of carbonyl (C=O) groups excluding carboxylic acids is 1. The first-order chi connectivity index (χ1) is 16.5. The summed E-state index contributed by atoms with van der Waals surface area (Å²) in [6, 6.07) is 20.3. The molecule has 3 heterocycles. The van der Waals surface area contributed by atoms with Crippen molar-refractivity contribution in [3.05, 3.63) is 83.8 Å². The fourth-order valence-corrected chi connectivity index (χ4v) is 4.42. The molecule has 5 rings (SSSR count). The fraction of sp³-hybridized carbons (Fsp3) is 0.259. The summed E-state index contributed by atoms with van der Waals surface area (Å²) in [5, 5.41) is 5.60. The van der Waals surface area contributed by atoms with Crippen LogP contribution in [0, 0.1) is 13.8 Å². The molecule has 0 saturated carbocycles. The molecule has 0 atom stereocenters. The topological polar surface area (TPSA) is 74.2 Å². The molecule has 7 nitrogen and oxygen atoms in total. The Kier molecular flexibility index (Phi) is 6.08. The number of hydrogen-bond acceptors (Lipinski definition) is 6. The highest BCUT2D eigenvalue weighted by atomic mass is 16.2. The zero-order valence-electron chi connectivity index (χ0n) is 19.5. The largest absolute Gasteiger partial charge is 0.353 e. The highest BCUT2D eigenvalue weighted by Gasteiger charge is 2.23. The predicted octanol–water partition coefficient (Wildman–Crippen LogP) is 4.28. The zero-order chi connectivity index (χ0) is 23.5. The standard InChI is InChI=1S/C27H28N6O/c1-19-10-11-28-24(16-19)31-25-18-26(30-20(2)29-25)32-12-14-33(15-13-32)27(34)17-22-8-5-7-21-6-3-4-9-23(21)22/h3-11,16,18H,12-15,17H2,1-2H3,(H,28,29,30,31). The van der Waals surface area contributed by atoms with E-state index in [9.17, 15) is 4.79 Å². The summed E-state index contributed by atoms with van der Waals surface area (Å²) in [5.41, 5.74) is 2.21. The highest BCUT2D eigenvalue weighted by molar-refractivity contribution is 5.90. The van der Waals surface area contributed by atoms with Crippen LogP contribution in [0.15, 0.2) is 66.9 Å². The number of piperazine rings is 1. The Labute approximate surface area is 199 Å². The van der Waals surface area contributed by atoms with Crippen LogP contribution in [0.4, 0.5) is 17.5 Å². The molecule has 0 aliphatic carbocycles. The van der Waals surface area contributed by atoms with Crippen molar-refractivity contribution in [1.29, 1.82) is 0 Å². The quantitative estimate of drug-likeness (QED) is 0.487. The second kappa shape index (κ2) is 9.47. The summed E-state index contributed by atoms with van der Waals surface area (Å²) in [7, 11) is 0. The van der Waals surface area contributed by atoms with Gasteiger partial charge in [0.25, 0.3) is 0 Å². The van der Waals surface area contributed by atoms with Gasteiger partial charge in [0.05, 0.1) is 6.42 Å². The second-order valence-electron chi connectivity index (χ2n) is 8.68. The first-order valence-electron chi connectivity index (χ1n) is 11.6. The lowest BCUT2D eigenvalue weighted by Gasteiger charge is -2.35. The predicted molar refractivity (Wildman–Crippen MR) is 135 cm³/mol. The number of benzene rings is 2. The Hall–Kier alpha value is -4.00. The summed E-state index contributed by atoms with van der Waals surface area (Å²) in [6.07, 6.45) is 2.20. The average molecular weight is 453 g/mol. The Morgan fingerprint density at radius 1 is 0.912 bits per heavy atom. The lowest BCUT2D eigenvalue weighted by atomic mass is 10.0. The third-order valence-corrected chi connectivity index (χ3v) is 6.17. The number of aryl methyl sites for hydroxylation is 2. The number of pyridine rings is 1. The normalized spacial score (nSPS) is 13.8. The number of hydrogen-bond donors (Lipinski definition) is 1. The molecule has 1 amide bonds. The summed E-state index contributed by atoms with van der Waals surface area (Å²) in [4.78, 5) is 30.7. The van der Waals surface area contributed by atoms with Gasteiger partial charge >= 0.3 is 0 Å². The third-order valence-electron chi connectivity index (χ3n) is 6.17. The number of carbonyl (C=O) groups is 1. The summed E-state index contributed by atoms with van der Waals surface area (Å²) in [6.45, 7) is 6.75. The van der Waals surface area contributed by atoms with Crippen LogP contribution in [0.1, 0.15) is 17.0 Å². The molecule has 0 spiro atoms. The monoisotopic (exact) mass is 452 g/mol.